The van der Waals surface area contributed by atoms with E-state index in [0.29, 0.717) is 5.69 Å². The predicted octanol–water partition coefficient (Wildman–Crippen LogP) is 5.19. The second-order valence-corrected chi connectivity index (χ2v) is 9.65. The Balaban J connectivity index is 0.000000909. The Hall–Kier alpha value is -4.58. The highest BCUT2D eigenvalue weighted by Gasteiger charge is 2.27. The predicted molar refractivity (Wildman–Crippen MR) is 152 cm³/mol. The number of carboxylic acid groups (broad SMARTS) is 1. The first-order chi connectivity index (χ1) is 19.5. The van der Waals surface area contributed by atoms with Crippen molar-refractivity contribution in [1.29, 1.82) is 0 Å². The summed E-state index contributed by atoms with van der Waals surface area (Å²) in [6.45, 7) is 3.85. The van der Waals surface area contributed by atoms with Crippen LogP contribution in [-0.2, 0) is 4.79 Å². The van der Waals surface area contributed by atoms with Gasteiger partial charge in [0.25, 0.3) is 5.97 Å². The van der Waals surface area contributed by atoms with E-state index in [4.69, 9.17) is 9.90 Å². The number of aliphatic carboxylic acids is 1. The van der Waals surface area contributed by atoms with Crippen LogP contribution in [0, 0.1) is 0 Å². The van der Waals surface area contributed by atoms with Gasteiger partial charge in [0.05, 0.1) is 11.9 Å². The number of pyridine rings is 1. The van der Waals surface area contributed by atoms with Crippen LogP contribution < -0.4 is 15.5 Å². The maximum atomic E-state index is 12.3. The molecule has 1 aliphatic heterocycles. The SMILES string of the molecule is CC(=O)O.CN1CCN(c2ccc(-c3ccn4c(-c5cccc(NC(=O)NCC(F)(F)F)c5)cnc4c3)cc2)CC1. The van der Waals surface area contributed by atoms with Gasteiger partial charge in [0, 0.05) is 56.2 Å². The standard InChI is InChI=1S/C27H27F3N6O.C2H4O2/c1-34-11-13-35(14-12-34)23-7-5-19(6-8-23)20-9-10-36-24(17-31-25(36)16-20)21-3-2-4-22(15-21)33-26(37)32-18-27(28,29)30;1-2(3)4/h2-10,15-17H,11-14,18H2,1H3,(H2,32,33,37);1H3,(H,3,4). The van der Waals surface area contributed by atoms with Crippen LogP contribution in [0.25, 0.3) is 28.0 Å². The average molecular weight is 569 g/mol. The number of likely N-dealkylation sites (N-methyl/N-ethyl adjacent to an activating group) is 1. The first-order valence-corrected chi connectivity index (χ1v) is 12.9. The molecule has 216 valence electrons. The van der Waals surface area contributed by atoms with Gasteiger partial charge in [0.1, 0.15) is 12.2 Å². The van der Waals surface area contributed by atoms with Gasteiger partial charge in [0.2, 0.25) is 0 Å². The summed E-state index contributed by atoms with van der Waals surface area (Å²) in [5, 5.41) is 11.7. The Morgan fingerprint density at radius 2 is 1.63 bits per heavy atom. The first kappa shape index (κ1) is 29.4. The van der Waals surface area contributed by atoms with Gasteiger partial charge < -0.3 is 25.5 Å². The molecule has 2 amide bonds. The number of aromatic nitrogens is 2. The van der Waals surface area contributed by atoms with E-state index in [1.54, 1.807) is 29.7 Å². The molecule has 0 atom stereocenters. The van der Waals surface area contributed by atoms with E-state index in [1.807, 2.05) is 28.8 Å². The summed E-state index contributed by atoms with van der Waals surface area (Å²) in [5.74, 6) is -0.833. The molecular weight excluding hydrogens is 537 g/mol. The lowest BCUT2D eigenvalue weighted by Crippen LogP contribution is -2.44. The van der Waals surface area contributed by atoms with Crippen LogP contribution in [0.4, 0.5) is 29.3 Å². The van der Waals surface area contributed by atoms with Gasteiger partial charge in [-0.05, 0) is 54.6 Å². The molecule has 2 aromatic carbocycles. The second kappa shape index (κ2) is 12.7. The van der Waals surface area contributed by atoms with Crippen LogP contribution in [0.5, 0.6) is 0 Å². The van der Waals surface area contributed by atoms with Crippen molar-refractivity contribution in [2.75, 3.05) is 50.0 Å². The van der Waals surface area contributed by atoms with Crippen molar-refractivity contribution in [1.82, 2.24) is 19.6 Å². The highest BCUT2D eigenvalue weighted by molar-refractivity contribution is 5.90. The number of imidazole rings is 1. The number of amides is 2. The summed E-state index contributed by atoms with van der Waals surface area (Å²) >= 11 is 0. The summed E-state index contributed by atoms with van der Waals surface area (Å²) < 4.78 is 39.0. The van der Waals surface area contributed by atoms with Gasteiger partial charge in [-0.3, -0.25) is 9.20 Å². The molecule has 12 heteroatoms. The number of nitrogens with zero attached hydrogens (tertiary/aromatic N) is 4. The number of hydrogen-bond acceptors (Lipinski definition) is 5. The minimum absolute atomic E-state index is 0.379. The number of benzene rings is 2. The lowest BCUT2D eigenvalue weighted by molar-refractivity contribution is -0.134. The number of carbonyl (C=O) groups excluding carboxylic acids is 1. The molecule has 2 aromatic heterocycles. The Morgan fingerprint density at radius 1 is 0.951 bits per heavy atom. The summed E-state index contributed by atoms with van der Waals surface area (Å²) in [6.07, 6.45) is -0.794. The fraction of sp³-hybridized carbons (Fsp3) is 0.276. The number of anilines is 2. The molecule has 0 unspecified atom stereocenters. The van der Waals surface area contributed by atoms with Crippen molar-refractivity contribution in [2.24, 2.45) is 0 Å². The minimum atomic E-state index is -4.47. The number of halogens is 3. The quantitative estimate of drug-likeness (QED) is 0.306. The monoisotopic (exact) mass is 568 g/mol. The van der Waals surface area contributed by atoms with E-state index in [2.05, 4.69) is 51.4 Å². The maximum absolute atomic E-state index is 12.3. The average Bonchev–Trinajstić information content (AvgIpc) is 3.35. The topological polar surface area (TPSA) is 102 Å². The summed E-state index contributed by atoms with van der Waals surface area (Å²) in [6, 6.07) is 18.6. The molecule has 3 N–H and O–H groups in total. The molecule has 0 bridgehead atoms. The van der Waals surface area contributed by atoms with E-state index >= 15 is 0 Å². The number of carboxylic acids is 1. The van der Waals surface area contributed by atoms with Crippen molar-refractivity contribution in [3.8, 4) is 22.4 Å². The Kier molecular flexibility index (Phi) is 9.13. The number of fused-ring (bicyclic) bond motifs is 1. The maximum Gasteiger partial charge on any atom is 0.405 e. The van der Waals surface area contributed by atoms with Gasteiger partial charge in [-0.2, -0.15) is 13.2 Å². The molecule has 41 heavy (non-hydrogen) atoms. The molecule has 1 fully saturated rings. The van der Waals surface area contributed by atoms with Crippen molar-refractivity contribution >= 4 is 29.0 Å². The number of carbonyl (C=O) groups is 2. The van der Waals surface area contributed by atoms with Crippen LogP contribution in [0.1, 0.15) is 6.92 Å². The number of piperazine rings is 1. The normalized spacial score (nSPS) is 13.8. The molecule has 0 saturated carbocycles. The van der Waals surface area contributed by atoms with Crippen LogP contribution in [-0.4, -0.2) is 77.3 Å². The Labute approximate surface area is 235 Å². The van der Waals surface area contributed by atoms with Gasteiger partial charge in [-0.15, -0.1) is 0 Å². The summed E-state index contributed by atoms with van der Waals surface area (Å²) in [7, 11) is 2.15. The first-order valence-electron chi connectivity index (χ1n) is 12.9. The van der Waals surface area contributed by atoms with Crippen LogP contribution >= 0.6 is 0 Å². The van der Waals surface area contributed by atoms with Gasteiger partial charge in [-0.25, -0.2) is 9.78 Å². The van der Waals surface area contributed by atoms with E-state index in [9.17, 15) is 18.0 Å². The van der Waals surface area contributed by atoms with Crippen LogP contribution in [0.15, 0.2) is 73.1 Å². The van der Waals surface area contributed by atoms with E-state index in [1.165, 1.54) is 5.69 Å². The lowest BCUT2D eigenvalue weighted by atomic mass is 10.1. The van der Waals surface area contributed by atoms with Crippen LogP contribution in [0.2, 0.25) is 0 Å². The summed E-state index contributed by atoms with van der Waals surface area (Å²) in [4.78, 5) is 30.1. The van der Waals surface area contributed by atoms with Gasteiger partial charge >= 0.3 is 12.2 Å². The Morgan fingerprint density at radius 3 is 2.29 bits per heavy atom. The fourth-order valence-electron chi connectivity index (χ4n) is 4.42. The molecule has 1 saturated heterocycles. The molecule has 1 aliphatic rings. The van der Waals surface area contributed by atoms with Gasteiger partial charge in [-0.1, -0.05) is 24.3 Å². The minimum Gasteiger partial charge on any atom is -0.481 e. The highest BCUT2D eigenvalue weighted by atomic mass is 19.4. The molecule has 0 radical (unpaired) electrons. The molecule has 9 nitrogen and oxygen atoms in total. The van der Waals surface area contributed by atoms with Crippen LogP contribution in [0.3, 0.4) is 0 Å². The second-order valence-electron chi connectivity index (χ2n) is 9.65. The van der Waals surface area contributed by atoms with Gasteiger partial charge in [0.15, 0.2) is 0 Å². The van der Waals surface area contributed by atoms with Crippen molar-refractivity contribution < 1.29 is 27.9 Å². The smallest absolute Gasteiger partial charge is 0.405 e. The number of alkyl halides is 3. The molecule has 4 aromatic rings. The third-order valence-electron chi connectivity index (χ3n) is 6.45. The molecule has 0 aliphatic carbocycles. The van der Waals surface area contributed by atoms with Crippen molar-refractivity contribution in [2.45, 2.75) is 13.1 Å². The van der Waals surface area contributed by atoms with Crippen molar-refractivity contribution in [3.05, 3.63) is 73.1 Å². The van der Waals surface area contributed by atoms with E-state index < -0.39 is 24.7 Å². The number of urea groups is 1. The zero-order valence-electron chi connectivity index (χ0n) is 22.7. The zero-order valence-corrected chi connectivity index (χ0v) is 22.7. The molecule has 3 heterocycles. The molecule has 5 rings (SSSR count). The highest BCUT2D eigenvalue weighted by Crippen LogP contribution is 2.28. The fourth-order valence-corrected chi connectivity index (χ4v) is 4.42. The number of rotatable bonds is 5. The number of hydrogen-bond donors (Lipinski definition) is 3. The molecular formula is C29H31F3N6O3. The van der Waals surface area contributed by atoms with E-state index in [-0.39, 0.29) is 0 Å². The molecule has 0 spiro atoms. The third kappa shape index (κ3) is 8.21. The Bertz CT molecular complexity index is 1490. The zero-order chi connectivity index (χ0) is 29.6. The number of nitrogens with one attached hydrogen (secondary N) is 2. The lowest BCUT2D eigenvalue weighted by Gasteiger charge is -2.34. The largest absolute Gasteiger partial charge is 0.481 e. The third-order valence-corrected chi connectivity index (χ3v) is 6.45. The van der Waals surface area contributed by atoms with E-state index in [0.717, 1.165) is 61.1 Å². The summed E-state index contributed by atoms with van der Waals surface area (Å²) in [5.41, 5.74) is 6.08. The van der Waals surface area contributed by atoms with Crippen molar-refractivity contribution in [3.63, 3.8) is 0 Å².